The van der Waals surface area contributed by atoms with Gasteiger partial charge in [0.1, 0.15) is 5.75 Å². The molecule has 2 aromatic carbocycles. The van der Waals surface area contributed by atoms with Gasteiger partial charge < -0.3 is 4.74 Å². The summed E-state index contributed by atoms with van der Waals surface area (Å²) in [5.74, 6) is 0.403. The van der Waals surface area contributed by atoms with E-state index in [1.165, 1.54) is 0 Å². The Hall–Kier alpha value is -2.66. The third-order valence-electron chi connectivity index (χ3n) is 4.97. The predicted molar refractivity (Wildman–Crippen MR) is 116 cm³/mol. The van der Waals surface area contributed by atoms with Crippen molar-refractivity contribution in [2.45, 2.75) is 53.0 Å². The van der Waals surface area contributed by atoms with E-state index in [1.54, 1.807) is 23.0 Å². The Bertz CT molecular complexity index is 1120. The lowest BCUT2D eigenvalue weighted by atomic mass is 10.0. The van der Waals surface area contributed by atoms with Gasteiger partial charge >= 0.3 is 5.97 Å². The van der Waals surface area contributed by atoms with Gasteiger partial charge in [0.15, 0.2) is 0 Å². The van der Waals surface area contributed by atoms with Gasteiger partial charge in [-0.25, -0.2) is 4.98 Å². The molecule has 3 rings (SSSR count). The number of hydrogen-bond acceptors (Lipinski definition) is 4. The summed E-state index contributed by atoms with van der Waals surface area (Å²) in [7, 11) is 0. The van der Waals surface area contributed by atoms with Crippen molar-refractivity contribution in [3.05, 3.63) is 68.7 Å². The zero-order chi connectivity index (χ0) is 21.1. The van der Waals surface area contributed by atoms with Crippen LogP contribution in [0.1, 0.15) is 49.3 Å². The number of fused-ring (bicyclic) bond motifs is 1. The highest BCUT2D eigenvalue weighted by molar-refractivity contribution is 6.31. The van der Waals surface area contributed by atoms with Gasteiger partial charge in [-0.15, -0.1) is 0 Å². The molecule has 0 saturated carbocycles. The van der Waals surface area contributed by atoms with Crippen LogP contribution in [-0.4, -0.2) is 15.5 Å². The third kappa shape index (κ3) is 4.67. The monoisotopic (exact) mass is 412 g/mol. The molecule has 6 heteroatoms. The molecule has 0 atom stereocenters. The van der Waals surface area contributed by atoms with E-state index in [4.69, 9.17) is 16.3 Å². The van der Waals surface area contributed by atoms with E-state index in [2.05, 4.69) is 4.98 Å². The smallest absolute Gasteiger partial charge is 0.311 e. The molecule has 0 saturated heterocycles. The number of hydrogen-bond donors (Lipinski definition) is 0. The molecule has 0 fully saturated rings. The summed E-state index contributed by atoms with van der Waals surface area (Å²) < 4.78 is 7.14. The van der Waals surface area contributed by atoms with E-state index < -0.39 is 0 Å². The fourth-order valence-electron chi connectivity index (χ4n) is 3.27. The summed E-state index contributed by atoms with van der Waals surface area (Å²) in [4.78, 5) is 29.4. The number of benzene rings is 2. The van der Waals surface area contributed by atoms with E-state index in [1.807, 2.05) is 45.9 Å². The highest BCUT2D eigenvalue weighted by Crippen LogP contribution is 2.32. The van der Waals surface area contributed by atoms with Gasteiger partial charge in [0.05, 0.1) is 17.2 Å². The maximum Gasteiger partial charge on any atom is 0.311 e. The topological polar surface area (TPSA) is 61.2 Å². The lowest BCUT2D eigenvalue weighted by molar-refractivity contribution is -0.134. The zero-order valence-electron chi connectivity index (χ0n) is 17.2. The SMILES string of the molecule is Cc1cc(OC(=O)CCCn2cnc3c(C)cccc3c2=O)c(C(C)C)cc1Cl. The Morgan fingerprint density at radius 2 is 1.97 bits per heavy atom. The highest BCUT2D eigenvalue weighted by atomic mass is 35.5. The molecule has 0 bridgehead atoms. The Kier molecular flexibility index (Phi) is 6.38. The van der Waals surface area contributed by atoms with Crippen molar-refractivity contribution in [1.29, 1.82) is 0 Å². The molecular formula is C23H25ClN2O3. The zero-order valence-corrected chi connectivity index (χ0v) is 17.9. The first-order valence-electron chi connectivity index (χ1n) is 9.73. The average Bonchev–Trinajstić information content (AvgIpc) is 2.66. The lowest BCUT2D eigenvalue weighted by Crippen LogP contribution is -2.21. The summed E-state index contributed by atoms with van der Waals surface area (Å²) in [6.45, 7) is 8.27. The molecule has 0 spiro atoms. The van der Waals surface area contributed by atoms with Crippen molar-refractivity contribution in [1.82, 2.24) is 9.55 Å². The molecule has 0 N–H and O–H groups in total. The molecule has 3 aromatic rings. The van der Waals surface area contributed by atoms with Crippen molar-refractivity contribution >= 4 is 28.5 Å². The molecule has 0 aliphatic heterocycles. The Morgan fingerprint density at radius 3 is 2.69 bits per heavy atom. The van der Waals surface area contributed by atoms with Crippen molar-refractivity contribution in [2.75, 3.05) is 0 Å². The maximum atomic E-state index is 12.6. The predicted octanol–water partition coefficient (Wildman–Crippen LogP) is 5.18. The van der Waals surface area contributed by atoms with Gasteiger partial charge in [-0.2, -0.15) is 0 Å². The van der Waals surface area contributed by atoms with Gasteiger partial charge in [-0.3, -0.25) is 14.2 Å². The van der Waals surface area contributed by atoms with Gasteiger partial charge in [0.2, 0.25) is 0 Å². The van der Waals surface area contributed by atoms with Crippen LogP contribution >= 0.6 is 11.6 Å². The fourth-order valence-corrected chi connectivity index (χ4v) is 3.45. The van der Waals surface area contributed by atoms with E-state index in [0.29, 0.717) is 34.6 Å². The minimum atomic E-state index is -0.328. The van der Waals surface area contributed by atoms with E-state index in [9.17, 15) is 9.59 Å². The number of ether oxygens (including phenoxy) is 1. The molecule has 1 heterocycles. The minimum absolute atomic E-state index is 0.0949. The Labute approximate surface area is 175 Å². The van der Waals surface area contributed by atoms with Gasteiger partial charge in [-0.1, -0.05) is 37.6 Å². The van der Waals surface area contributed by atoms with Gasteiger partial charge in [0, 0.05) is 18.0 Å². The molecule has 0 unspecified atom stereocenters. The summed E-state index contributed by atoms with van der Waals surface area (Å²) in [5.41, 5.74) is 3.35. The molecule has 5 nitrogen and oxygen atoms in total. The van der Waals surface area contributed by atoms with Crippen LogP contribution in [0.15, 0.2) is 41.5 Å². The quantitative estimate of drug-likeness (QED) is 0.413. The first kappa shape index (κ1) is 21.1. The fraction of sp³-hybridized carbons (Fsp3) is 0.348. The standard InChI is InChI=1S/C23H25ClN2O3/c1-14(2)18-12-19(24)16(4)11-20(18)29-21(27)9-6-10-26-13-25-22-15(3)7-5-8-17(22)23(26)28/h5,7-8,11-14H,6,9-10H2,1-4H3. The molecule has 0 aliphatic rings. The van der Waals surface area contributed by atoms with Crippen LogP contribution in [0.4, 0.5) is 0 Å². The normalized spacial score (nSPS) is 11.2. The number of carbonyl (C=O) groups is 1. The molecule has 1 aromatic heterocycles. The summed E-state index contributed by atoms with van der Waals surface area (Å²) in [6, 6.07) is 9.21. The number of aryl methyl sites for hydroxylation is 3. The lowest BCUT2D eigenvalue weighted by Gasteiger charge is -2.15. The van der Waals surface area contributed by atoms with Crippen LogP contribution in [0.3, 0.4) is 0 Å². The van der Waals surface area contributed by atoms with Crippen LogP contribution in [0.5, 0.6) is 5.75 Å². The second kappa shape index (κ2) is 8.78. The van der Waals surface area contributed by atoms with Crippen molar-refractivity contribution in [3.8, 4) is 5.75 Å². The van der Waals surface area contributed by atoms with E-state index >= 15 is 0 Å². The number of halogens is 1. The number of rotatable bonds is 6. The van der Waals surface area contributed by atoms with Gasteiger partial charge in [-0.05, 0) is 61.1 Å². The second-order valence-electron chi connectivity index (χ2n) is 7.59. The van der Waals surface area contributed by atoms with Crippen molar-refractivity contribution in [2.24, 2.45) is 0 Å². The van der Waals surface area contributed by atoms with Gasteiger partial charge in [0.25, 0.3) is 5.56 Å². The third-order valence-corrected chi connectivity index (χ3v) is 5.38. The molecule has 29 heavy (non-hydrogen) atoms. The minimum Gasteiger partial charge on any atom is -0.426 e. The number of esters is 1. The summed E-state index contributed by atoms with van der Waals surface area (Å²) in [6.07, 6.45) is 2.24. The Morgan fingerprint density at radius 1 is 1.21 bits per heavy atom. The van der Waals surface area contributed by atoms with Crippen molar-refractivity contribution in [3.63, 3.8) is 0 Å². The molecule has 0 aliphatic carbocycles. The second-order valence-corrected chi connectivity index (χ2v) is 7.99. The molecular weight excluding hydrogens is 388 g/mol. The van der Waals surface area contributed by atoms with E-state index in [0.717, 1.165) is 16.7 Å². The maximum absolute atomic E-state index is 12.6. The van der Waals surface area contributed by atoms with Crippen LogP contribution in [-0.2, 0) is 11.3 Å². The number of para-hydroxylation sites is 1. The first-order valence-corrected chi connectivity index (χ1v) is 10.1. The van der Waals surface area contributed by atoms with Crippen molar-refractivity contribution < 1.29 is 9.53 Å². The number of nitrogens with zero attached hydrogens (tertiary/aromatic N) is 2. The molecule has 0 amide bonds. The first-order chi connectivity index (χ1) is 13.8. The average molecular weight is 413 g/mol. The van der Waals surface area contributed by atoms with Crippen LogP contribution in [0.2, 0.25) is 5.02 Å². The number of aromatic nitrogens is 2. The molecule has 152 valence electrons. The summed E-state index contributed by atoms with van der Waals surface area (Å²) in [5, 5.41) is 1.25. The molecule has 0 radical (unpaired) electrons. The van der Waals surface area contributed by atoms with Crippen LogP contribution < -0.4 is 10.3 Å². The summed E-state index contributed by atoms with van der Waals surface area (Å²) >= 11 is 6.21. The van der Waals surface area contributed by atoms with E-state index in [-0.39, 0.29) is 23.9 Å². The highest BCUT2D eigenvalue weighted by Gasteiger charge is 2.15. The van der Waals surface area contributed by atoms with Crippen LogP contribution in [0, 0.1) is 13.8 Å². The number of carbonyl (C=O) groups excluding carboxylic acids is 1. The largest absolute Gasteiger partial charge is 0.426 e. The van der Waals surface area contributed by atoms with Crippen LogP contribution in [0.25, 0.3) is 10.9 Å². The Balaban J connectivity index is 1.67.